The van der Waals surface area contributed by atoms with Gasteiger partial charge >= 0.3 is 0 Å². The van der Waals surface area contributed by atoms with E-state index in [2.05, 4.69) is 12.2 Å². The monoisotopic (exact) mass is 323 g/mol. The largest absolute Gasteiger partial charge is 0.482 e. The highest BCUT2D eigenvalue weighted by Crippen LogP contribution is 2.27. The van der Waals surface area contributed by atoms with E-state index in [1.165, 1.54) is 5.56 Å². The van der Waals surface area contributed by atoms with E-state index in [0.717, 1.165) is 12.1 Å². The first-order chi connectivity index (χ1) is 10.1. The fourth-order valence-corrected chi connectivity index (χ4v) is 2.09. The van der Waals surface area contributed by atoms with Crippen molar-refractivity contribution >= 4 is 34.8 Å². The minimum Gasteiger partial charge on any atom is -0.482 e. The molecule has 21 heavy (non-hydrogen) atoms. The maximum absolute atomic E-state index is 11.8. The molecule has 0 saturated carbocycles. The molecule has 1 N–H and O–H groups in total. The van der Waals surface area contributed by atoms with Crippen LogP contribution in [0.2, 0.25) is 10.0 Å². The molecule has 1 amide bonds. The Labute approximate surface area is 133 Å². The van der Waals surface area contributed by atoms with Gasteiger partial charge in [0.25, 0.3) is 5.91 Å². The molecule has 0 spiro atoms. The Morgan fingerprint density at radius 3 is 2.52 bits per heavy atom. The lowest BCUT2D eigenvalue weighted by atomic mass is 10.1. The van der Waals surface area contributed by atoms with Crippen LogP contribution in [0.25, 0.3) is 0 Å². The highest BCUT2D eigenvalue weighted by molar-refractivity contribution is 6.34. The van der Waals surface area contributed by atoms with Gasteiger partial charge in [-0.2, -0.15) is 0 Å². The van der Waals surface area contributed by atoms with E-state index in [0.29, 0.717) is 15.8 Å². The van der Waals surface area contributed by atoms with E-state index in [1.807, 2.05) is 24.3 Å². The summed E-state index contributed by atoms with van der Waals surface area (Å²) in [4.78, 5) is 11.8. The summed E-state index contributed by atoms with van der Waals surface area (Å²) in [5.74, 6) is 0.135. The van der Waals surface area contributed by atoms with Crippen LogP contribution in [0, 0.1) is 0 Å². The van der Waals surface area contributed by atoms with Crippen molar-refractivity contribution in [3.05, 3.63) is 58.1 Å². The molecule has 0 aromatic heterocycles. The highest BCUT2D eigenvalue weighted by Gasteiger charge is 2.07. The molecular formula is C16H15Cl2NO2. The molecule has 0 fully saturated rings. The Morgan fingerprint density at radius 2 is 1.86 bits per heavy atom. The van der Waals surface area contributed by atoms with E-state index in [9.17, 15) is 4.79 Å². The normalized spacial score (nSPS) is 10.2. The SMILES string of the molecule is CCc1ccc(NC(=O)COc2cc(Cl)ccc2Cl)cc1. The van der Waals surface area contributed by atoms with Crippen LogP contribution in [-0.2, 0) is 11.2 Å². The zero-order valence-corrected chi connectivity index (χ0v) is 13.0. The fraction of sp³-hybridized carbons (Fsp3) is 0.188. The minimum atomic E-state index is -0.254. The minimum absolute atomic E-state index is 0.129. The van der Waals surface area contributed by atoms with E-state index < -0.39 is 0 Å². The quantitative estimate of drug-likeness (QED) is 0.875. The number of aryl methyl sites for hydroxylation is 1. The van der Waals surface area contributed by atoms with Crippen LogP contribution in [0.15, 0.2) is 42.5 Å². The number of amides is 1. The van der Waals surface area contributed by atoms with Crippen LogP contribution in [-0.4, -0.2) is 12.5 Å². The second-order valence-corrected chi connectivity index (χ2v) is 5.31. The molecule has 110 valence electrons. The van der Waals surface area contributed by atoms with Gasteiger partial charge in [0.05, 0.1) is 5.02 Å². The molecule has 0 bridgehead atoms. The van der Waals surface area contributed by atoms with Gasteiger partial charge in [-0.15, -0.1) is 0 Å². The molecule has 0 saturated heterocycles. The number of halogens is 2. The molecule has 2 rings (SSSR count). The number of hydrogen-bond acceptors (Lipinski definition) is 2. The molecule has 0 aliphatic rings. The van der Waals surface area contributed by atoms with Crippen molar-refractivity contribution in [1.29, 1.82) is 0 Å². The Kier molecular flexibility index (Phi) is 5.48. The number of benzene rings is 2. The second-order valence-electron chi connectivity index (χ2n) is 4.46. The molecule has 2 aromatic carbocycles. The Morgan fingerprint density at radius 1 is 1.14 bits per heavy atom. The lowest BCUT2D eigenvalue weighted by Crippen LogP contribution is -2.20. The molecule has 5 heteroatoms. The Balaban J connectivity index is 1.91. The molecular weight excluding hydrogens is 309 g/mol. The third-order valence-corrected chi connectivity index (χ3v) is 3.45. The average molecular weight is 324 g/mol. The summed E-state index contributed by atoms with van der Waals surface area (Å²) >= 11 is 11.8. The number of ether oxygens (including phenoxy) is 1. The van der Waals surface area contributed by atoms with Crippen molar-refractivity contribution in [2.75, 3.05) is 11.9 Å². The number of rotatable bonds is 5. The second kappa shape index (κ2) is 7.34. The third kappa shape index (κ3) is 4.66. The zero-order chi connectivity index (χ0) is 15.2. The van der Waals surface area contributed by atoms with Gasteiger partial charge in [0.1, 0.15) is 5.75 Å². The molecule has 0 heterocycles. The Hall–Kier alpha value is -1.71. The Bertz CT molecular complexity index is 627. The van der Waals surface area contributed by atoms with Crippen LogP contribution in [0.3, 0.4) is 0 Å². The van der Waals surface area contributed by atoms with Crippen molar-refractivity contribution < 1.29 is 9.53 Å². The summed E-state index contributed by atoms with van der Waals surface area (Å²) in [6, 6.07) is 12.5. The van der Waals surface area contributed by atoms with Gasteiger partial charge in [-0.1, -0.05) is 42.3 Å². The van der Waals surface area contributed by atoms with Gasteiger partial charge in [-0.05, 0) is 36.2 Å². The van der Waals surface area contributed by atoms with Crippen molar-refractivity contribution in [3.8, 4) is 5.75 Å². The van der Waals surface area contributed by atoms with Crippen LogP contribution >= 0.6 is 23.2 Å². The molecule has 0 aliphatic carbocycles. The lowest BCUT2D eigenvalue weighted by Gasteiger charge is -2.09. The van der Waals surface area contributed by atoms with Crippen LogP contribution < -0.4 is 10.1 Å². The maximum atomic E-state index is 11.8. The predicted molar refractivity (Wildman–Crippen MR) is 86.4 cm³/mol. The van der Waals surface area contributed by atoms with Crippen molar-refractivity contribution in [1.82, 2.24) is 0 Å². The number of anilines is 1. The zero-order valence-electron chi connectivity index (χ0n) is 11.5. The molecule has 0 aliphatic heterocycles. The number of carbonyl (C=O) groups is 1. The third-order valence-electron chi connectivity index (χ3n) is 2.90. The van der Waals surface area contributed by atoms with Crippen molar-refractivity contribution in [3.63, 3.8) is 0 Å². The van der Waals surface area contributed by atoms with Crippen molar-refractivity contribution in [2.24, 2.45) is 0 Å². The highest BCUT2D eigenvalue weighted by atomic mass is 35.5. The molecule has 0 atom stereocenters. The topological polar surface area (TPSA) is 38.3 Å². The van der Waals surface area contributed by atoms with Crippen LogP contribution in [0.1, 0.15) is 12.5 Å². The van der Waals surface area contributed by atoms with E-state index in [-0.39, 0.29) is 12.5 Å². The van der Waals surface area contributed by atoms with Gasteiger partial charge in [-0.25, -0.2) is 0 Å². The summed E-state index contributed by atoms with van der Waals surface area (Å²) in [5, 5.41) is 3.68. The smallest absolute Gasteiger partial charge is 0.262 e. The number of nitrogens with one attached hydrogen (secondary N) is 1. The van der Waals surface area contributed by atoms with Gasteiger partial charge in [0.15, 0.2) is 6.61 Å². The summed E-state index contributed by atoms with van der Waals surface area (Å²) in [6.07, 6.45) is 0.963. The fourth-order valence-electron chi connectivity index (χ4n) is 1.75. The summed E-state index contributed by atoms with van der Waals surface area (Å²) < 4.78 is 5.37. The van der Waals surface area contributed by atoms with Crippen LogP contribution in [0.4, 0.5) is 5.69 Å². The first-order valence-electron chi connectivity index (χ1n) is 6.55. The van der Waals surface area contributed by atoms with Gasteiger partial charge < -0.3 is 10.1 Å². The molecule has 3 nitrogen and oxygen atoms in total. The van der Waals surface area contributed by atoms with Gasteiger partial charge in [0, 0.05) is 16.8 Å². The van der Waals surface area contributed by atoms with Gasteiger partial charge in [0.2, 0.25) is 0 Å². The summed E-state index contributed by atoms with van der Waals surface area (Å²) in [7, 11) is 0. The first-order valence-corrected chi connectivity index (χ1v) is 7.30. The maximum Gasteiger partial charge on any atom is 0.262 e. The van der Waals surface area contributed by atoms with E-state index >= 15 is 0 Å². The molecule has 0 radical (unpaired) electrons. The summed E-state index contributed by atoms with van der Waals surface area (Å²) in [6.45, 7) is 1.95. The summed E-state index contributed by atoms with van der Waals surface area (Å²) in [5.41, 5.74) is 1.95. The van der Waals surface area contributed by atoms with Gasteiger partial charge in [-0.3, -0.25) is 4.79 Å². The molecule has 0 unspecified atom stereocenters. The predicted octanol–water partition coefficient (Wildman–Crippen LogP) is 4.57. The molecule has 2 aromatic rings. The number of hydrogen-bond donors (Lipinski definition) is 1. The lowest BCUT2D eigenvalue weighted by molar-refractivity contribution is -0.118. The van der Waals surface area contributed by atoms with E-state index in [1.54, 1.807) is 18.2 Å². The van der Waals surface area contributed by atoms with Crippen molar-refractivity contribution in [2.45, 2.75) is 13.3 Å². The standard InChI is InChI=1S/C16H15Cl2NO2/c1-2-11-3-6-13(7-4-11)19-16(20)10-21-15-9-12(17)5-8-14(15)18/h3-9H,2,10H2,1H3,(H,19,20). The van der Waals surface area contributed by atoms with Crippen LogP contribution in [0.5, 0.6) is 5.75 Å². The van der Waals surface area contributed by atoms with E-state index in [4.69, 9.17) is 27.9 Å². The number of carbonyl (C=O) groups excluding carboxylic acids is 1. The first kappa shape index (κ1) is 15.7. The average Bonchev–Trinajstić information content (AvgIpc) is 2.49.